The van der Waals surface area contributed by atoms with Crippen LogP contribution in [0.4, 0.5) is 4.79 Å². The average molecular weight is 321 g/mol. The lowest BCUT2D eigenvalue weighted by atomic mass is 9.82. The second kappa shape index (κ2) is 5.24. The molecule has 1 aromatic heterocycles. The smallest absolute Gasteiger partial charge is 0.315 e. The molecular formula is C15H19N3O3S. The summed E-state index contributed by atoms with van der Waals surface area (Å²) in [4.78, 5) is 26.9. The highest BCUT2D eigenvalue weighted by atomic mass is 32.1. The van der Waals surface area contributed by atoms with Crippen molar-refractivity contribution >= 4 is 23.3 Å². The summed E-state index contributed by atoms with van der Waals surface area (Å²) in [5, 5.41) is 7.44. The minimum Gasteiger partial charge on any atom is -0.370 e. The predicted molar refractivity (Wildman–Crippen MR) is 81.8 cm³/mol. The van der Waals surface area contributed by atoms with Gasteiger partial charge in [0.05, 0.1) is 12.2 Å². The zero-order chi connectivity index (χ0) is 15.2. The second-order valence-electron chi connectivity index (χ2n) is 6.08. The molecule has 0 aliphatic carbocycles. The zero-order valence-electron chi connectivity index (χ0n) is 12.3. The van der Waals surface area contributed by atoms with Crippen LogP contribution in [-0.4, -0.2) is 49.1 Å². The summed E-state index contributed by atoms with van der Waals surface area (Å²) in [6.07, 6.45) is 2.66. The number of hydrogen-bond acceptors (Lipinski definition) is 4. The van der Waals surface area contributed by atoms with Crippen LogP contribution < -0.4 is 10.6 Å². The summed E-state index contributed by atoms with van der Waals surface area (Å²) in [6.45, 7) is 2.51. The third kappa shape index (κ3) is 2.19. The first kappa shape index (κ1) is 14.0. The highest BCUT2D eigenvalue weighted by Gasteiger charge is 2.43. The van der Waals surface area contributed by atoms with Crippen molar-refractivity contribution in [2.24, 2.45) is 0 Å². The van der Waals surface area contributed by atoms with Gasteiger partial charge in [0, 0.05) is 30.9 Å². The molecule has 2 saturated heterocycles. The SMILES string of the molecule is O=C1NCC(C(=O)N2CCC3(CC2)OCCc2sccc23)N1. The van der Waals surface area contributed by atoms with E-state index < -0.39 is 6.04 Å². The van der Waals surface area contributed by atoms with Crippen molar-refractivity contribution in [2.45, 2.75) is 30.9 Å². The van der Waals surface area contributed by atoms with E-state index in [0.29, 0.717) is 19.6 Å². The summed E-state index contributed by atoms with van der Waals surface area (Å²) in [5.74, 6) is 0.00884. The number of hydrogen-bond donors (Lipinski definition) is 2. The van der Waals surface area contributed by atoms with Gasteiger partial charge in [-0.3, -0.25) is 4.79 Å². The number of carbonyl (C=O) groups excluding carboxylic acids is 2. The number of carbonyl (C=O) groups is 2. The monoisotopic (exact) mass is 321 g/mol. The zero-order valence-corrected chi connectivity index (χ0v) is 13.1. The maximum absolute atomic E-state index is 12.4. The van der Waals surface area contributed by atoms with Gasteiger partial charge in [0.15, 0.2) is 0 Å². The summed E-state index contributed by atoms with van der Waals surface area (Å²) in [6, 6.07) is 1.49. The number of rotatable bonds is 1. The third-order valence-corrected chi connectivity index (χ3v) is 5.88. The number of nitrogens with zero attached hydrogens (tertiary/aromatic N) is 1. The van der Waals surface area contributed by atoms with Crippen LogP contribution in [0.1, 0.15) is 23.3 Å². The number of thiophene rings is 1. The number of nitrogens with one attached hydrogen (secondary N) is 2. The number of piperidine rings is 1. The minimum absolute atomic E-state index is 0.00884. The van der Waals surface area contributed by atoms with Crippen molar-refractivity contribution in [3.05, 3.63) is 21.9 Å². The fourth-order valence-electron chi connectivity index (χ4n) is 3.68. The molecule has 2 N–H and O–H groups in total. The van der Waals surface area contributed by atoms with Crippen molar-refractivity contribution in [1.82, 2.24) is 15.5 Å². The van der Waals surface area contributed by atoms with Crippen molar-refractivity contribution < 1.29 is 14.3 Å². The normalized spacial score (nSPS) is 26.5. The van der Waals surface area contributed by atoms with E-state index in [2.05, 4.69) is 22.1 Å². The van der Waals surface area contributed by atoms with Crippen LogP contribution in [0.3, 0.4) is 0 Å². The molecular weight excluding hydrogens is 302 g/mol. The molecule has 0 radical (unpaired) electrons. The van der Waals surface area contributed by atoms with Crippen LogP contribution in [0.25, 0.3) is 0 Å². The molecule has 0 saturated carbocycles. The van der Waals surface area contributed by atoms with Crippen molar-refractivity contribution in [3.63, 3.8) is 0 Å². The molecule has 22 heavy (non-hydrogen) atoms. The minimum atomic E-state index is -0.425. The van der Waals surface area contributed by atoms with Gasteiger partial charge in [-0.1, -0.05) is 0 Å². The van der Waals surface area contributed by atoms with Gasteiger partial charge >= 0.3 is 6.03 Å². The third-order valence-electron chi connectivity index (χ3n) is 4.90. The highest BCUT2D eigenvalue weighted by Crippen LogP contribution is 2.43. The van der Waals surface area contributed by atoms with Gasteiger partial charge in [-0.2, -0.15) is 0 Å². The van der Waals surface area contributed by atoms with Gasteiger partial charge < -0.3 is 20.3 Å². The van der Waals surface area contributed by atoms with E-state index in [1.165, 1.54) is 10.4 Å². The van der Waals surface area contributed by atoms with Gasteiger partial charge in [-0.25, -0.2) is 4.79 Å². The summed E-state index contributed by atoms with van der Waals surface area (Å²) in [7, 11) is 0. The molecule has 3 amide bonds. The molecule has 118 valence electrons. The van der Waals surface area contributed by atoms with E-state index in [4.69, 9.17) is 4.74 Å². The second-order valence-corrected chi connectivity index (χ2v) is 7.08. The van der Waals surface area contributed by atoms with E-state index in [9.17, 15) is 9.59 Å². The van der Waals surface area contributed by atoms with Crippen LogP contribution in [0.2, 0.25) is 0 Å². The number of ether oxygens (including phenoxy) is 1. The Morgan fingerprint density at radius 2 is 2.23 bits per heavy atom. The number of fused-ring (bicyclic) bond motifs is 2. The first-order valence-corrected chi connectivity index (χ1v) is 8.60. The molecule has 1 atom stereocenters. The van der Waals surface area contributed by atoms with Gasteiger partial charge in [-0.05, 0) is 29.9 Å². The Morgan fingerprint density at radius 3 is 2.95 bits per heavy atom. The van der Waals surface area contributed by atoms with Gasteiger partial charge in [0.25, 0.3) is 0 Å². The molecule has 6 nitrogen and oxygen atoms in total. The number of urea groups is 1. The Hall–Kier alpha value is -1.60. The molecule has 3 aliphatic rings. The Kier molecular flexibility index (Phi) is 3.34. The number of amides is 3. The lowest BCUT2D eigenvalue weighted by Gasteiger charge is -2.44. The number of likely N-dealkylation sites (tertiary alicyclic amines) is 1. The maximum atomic E-state index is 12.4. The van der Waals surface area contributed by atoms with Gasteiger partial charge in [0.2, 0.25) is 5.91 Å². The largest absolute Gasteiger partial charge is 0.370 e. The van der Waals surface area contributed by atoms with E-state index in [0.717, 1.165) is 25.9 Å². The molecule has 1 unspecified atom stereocenters. The van der Waals surface area contributed by atoms with Crippen molar-refractivity contribution in [1.29, 1.82) is 0 Å². The Morgan fingerprint density at radius 1 is 1.41 bits per heavy atom. The van der Waals surface area contributed by atoms with Crippen LogP contribution in [-0.2, 0) is 21.6 Å². The van der Waals surface area contributed by atoms with Crippen LogP contribution in [0, 0.1) is 0 Å². The molecule has 2 fully saturated rings. The molecule has 7 heteroatoms. The lowest BCUT2D eigenvalue weighted by Crippen LogP contribution is -2.52. The lowest BCUT2D eigenvalue weighted by molar-refractivity contribution is -0.142. The molecule has 4 rings (SSSR count). The van der Waals surface area contributed by atoms with Crippen LogP contribution in [0.5, 0.6) is 0 Å². The van der Waals surface area contributed by atoms with E-state index >= 15 is 0 Å². The fourth-order valence-corrected chi connectivity index (χ4v) is 4.63. The summed E-state index contributed by atoms with van der Waals surface area (Å²) in [5.41, 5.74) is 1.12. The average Bonchev–Trinajstić information content (AvgIpc) is 3.17. The molecule has 1 aromatic rings. The Bertz CT molecular complexity index is 607. The van der Waals surface area contributed by atoms with Crippen molar-refractivity contribution in [2.75, 3.05) is 26.2 Å². The Labute approximate surface area is 132 Å². The van der Waals surface area contributed by atoms with E-state index in [-0.39, 0.29) is 17.5 Å². The molecule has 4 heterocycles. The first-order chi connectivity index (χ1) is 10.7. The Balaban J connectivity index is 1.45. The van der Waals surface area contributed by atoms with E-state index in [1.807, 2.05) is 4.90 Å². The van der Waals surface area contributed by atoms with E-state index in [1.54, 1.807) is 11.3 Å². The molecule has 0 aromatic carbocycles. The molecule has 1 spiro atoms. The highest BCUT2D eigenvalue weighted by molar-refractivity contribution is 7.10. The van der Waals surface area contributed by atoms with Crippen LogP contribution >= 0.6 is 11.3 Å². The van der Waals surface area contributed by atoms with Crippen molar-refractivity contribution in [3.8, 4) is 0 Å². The van der Waals surface area contributed by atoms with Gasteiger partial charge in [0.1, 0.15) is 6.04 Å². The fraction of sp³-hybridized carbons (Fsp3) is 0.600. The molecule has 0 bridgehead atoms. The quantitative estimate of drug-likeness (QED) is 0.804. The summed E-state index contributed by atoms with van der Waals surface area (Å²) < 4.78 is 6.15. The maximum Gasteiger partial charge on any atom is 0.315 e. The standard InChI is InChI=1S/C15H19N3O3S/c19-13(11-9-16-14(20)17-11)18-5-3-15(4-6-18)10-2-8-22-12(10)1-7-21-15/h2,8,11H,1,3-7,9H2,(H2,16,17,20). The molecule has 3 aliphatic heterocycles. The first-order valence-electron chi connectivity index (χ1n) is 7.72. The van der Waals surface area contributed by atoms with Gasteiger partial charge in [-0.15, -0.1) is 11.3 Å². The topological polar surface area (TPSA) is 70.7 Å². The predicted octanol–water partition coefficient (Wildman–Crippen LogP) is 0.820. The van der Waals surface area contributed by atoms with Crippen LogP contribution in [0.15, 0.2) is 11.4 Å². The summed E-state index contributed by atoms with van der Waals surface area (Å²) >= 11 is 1.80.